The molecule has 2 rings (SSSR count). The predicted molar refractivity (Wildman–Crippen MR) is 78.6 cm³/mol. The van der Waals surface area contributed by atoms with E-state index in [1.54, 1.807) is 12.1 Å². The molecule has 1 atom stereocenters. The van der Waals surface area contributed by atoms with E-state index in [1.165, 1.54) is 38.5 Å². The van der Waals surface area contributed by atoms with Crippen LogP contribution >= 0.6 is 0 Å². The lowest BCUT2D eigenvalue weighted by atomic mass is 9.75. The third-order valence-corrected chi connectivity index (χ3v) is 4.61. The molecule has 0 aromatic heterocycles. The van der Waals surface area contributed by atoms with Gasteiger partial charge in [-0.15, -0.1) is 0 Å². The lowest BCUT2D eigenvalue weighted by Crippen LogP contribution is -2.29. The molecule has 1 aliphatic rings. The Bertz CT molecular complexity index is 383. The number of halogens is 1. The summed E-state index contributed by atoms with van der Waals surface area (Å²) in [5.41, 5.74) is 0.837. The summed E-state index contributed by atoms with van der Waals surface area (Å²) in [6.45, 7) is 2.27. The second kappa shape index (κ2) is 7.04. The smallest absolute Gasteiger partial charge is 0.127 e. The van der Waals surface area contributed by atoms with Crippen LogP contribution in [0.3, 0.4) is 0 Å². The van der Waals surface area contributed by atoms with Crippen LogP contribution in [0.4, 0.5) is 4.39 Å². The van der Waals surface area contributed by atoms with Crippen LogP contribution in [0, 0.1) is 17.7 Å². The van der Waals surface area contributed by atoms with Gasteiger partial charge in [-0.05, 0) is 37.8 Å². The van der Waals surface area contributed by atoms with Crippen molar-refractivity contribution in [1.29, 1.82) is 0 Å². The van der Waals surface area contributed by atoms with Gasteiger partial charge in [0.15, 0.2) is 0 Å². The zero-order chi connectivity index (χ0) is 13.7. The molecule has 1 aromatic rings. The summed E-state index contributed by atoms with van der Waals surface area (Å²) in [5, 5.41) is 3.34. The molecule has 1 nitrogen and oxygen atoms in total. The van der Waals surface area contributed by atoms with E-state index < -0.39 is 0 Å². The largest absolute Gasteiger partial charge is 0.313 e. The van der Waals surface area contributed by atoms with Crippen LogP contribution in [0.2, 0.25) is 0 Å². The Morgan fingerprint density at radius 3 is 2.47 bits per heavy atom. The topological polar surface area (TPSA) is 12.0 Å². The SMILES string of the molecule is CCCC1CCC(C(NC)c2ccccc2F)CC1. The normalized spacial score (nSPS) is 25.2. The summed E-state index contributed by atoms with van der Waals surface area (Å²) in [4.78, 5) is 0. The van der Waals surface area contributed by atoms with Crippen molar-refractivity contribution >= 4 is 0 Å². The van der Waals surface area contributed by atoms with Crippen molar-refractivity contribution in [3.8, 4) is 0 Å². The highest BCUT2D eigenvalue weighted by Gasteiger charge is 2.28. The van der Waals surface area contributed by atoms with E-state index in [-0.39, 0.29) is 11.9 Å². The maximum atomic E-state index is 13.9. The number of hydrogen-bond acceptors (Lipinski definition) is 1. The van der Waals surface area contributed by atoms with E-state index >= 15 is 0 Å². The highest BCUT2D eigenvalue weighted by molar-refractivity contribution is 5.22. The number of hydrogen-bond donors (Lipinski definition) is 1. The summed E-state index contributed by atoms with van der Waals surface area (Å²) < 4.78 is 13.9. The quantitative estimate of drug-likeness (QED) is 0.812. The van der Waals surface area contributed by atoms with Crippen molar-refractivity contribution in [3.05, 3.63) is 35.6 Å². The minimum atomic E-state index is -0.0717. The van der Waals surface area contributed by atoms with Gasteiger partial charge in [0.25, 0.3) is 0 Å². The molecule has 106 valence electrons. The summed E-state index contributed by atoms with van der Waals surface area (Å²) in [5.74, 6) is 1.41. The standard InChI is InChI=1S/C17H26FN/c1-3-6-13-9-11-14(12-10-13)17(19-2)15-7-4-5-8-16(15)18/h4-5,7-8,13-14,17,19H,3,6,9-12H2,1-2H3. The van der Waals surface area contributed by atoms with Gasteiger partial charge >= 0.3 is 0 Å². The van der Waals surface area contributed by atoms with Crippen LogP contribution in [0.5, 0.6) is 0 Å². The molecule has 0 saturated heterocycles. The predicted octanol–water partition coefficient (Wildman–Crippen LogP) is 4.69. The van der Waals surface area contributed by atoms with Gasteiger partial charge in [-0.1, -0.05) is 50.8 Å². The van der Waals surface area contributed by atoms with E-state index in [9.17, 15) is 4.39 Å². The molecule has 0 spiro atoms. The van der Waals surface area contributed by atoms with Crippen molar-refractivity contribution in [2.75, 3.05) is 7.05 Å². The first-order chi connectivity index (χ1) is 9.26. The molecule has 1 unspecified atom stereocenters. The molecule has 0 heterocycles. The van der Waals surface area contributed by atoms with Gasteiger partial charge in [0.05, 0.1) is 0 Å². The molecule has 0 aliphatic heterocycles. The molecule has 1 aliphatic carbocycles. The third kappa shape index (κ3) is 3.56. The third-order valence-electron chi connectivity index (χ3n) is 4.61. The van der Waals surface area contributed by atoms with Gasteiger partial charge in [-0.2, -0.15) is 0 Å². The van der Waals surface area contributed by atoms with Crippen LogP contribution in [-0.4, -0.2) is 7.05 Å². The fourth-order valence-corrected chi connectivity index (χ4v) is 3.59. The molecular formula is C17H26FN. The fraction of sp³-hybridized carbons (Fsp3) is 0.647. The molecule has 1 saturated carbocycles. The zero-order valence-electron chi connectivity index (χ0n) is 12.2. The first-order valence-corrected chi connectivity index (χ1v) is 7.68. The van der Waals surface area contributed by atoms with E-state index in [1.807, 2.05) is 19.2 Å². The second-order valence-electron chi connectivity index (χ2n) is 5.86. The maximum absolute atomic E-state index is 13.9. The summed E-state index contributed by atoms with van der Waals surface area (Å²) in [7, 11) is 1.95. The van der Waals surface area contributed by atoms with Gasteiger partial charge in [0.2, 0.25) is 0 Å². The molecule has 19 heavy (non-hydrogen) atoms. The van der Waals surface area contributed by atoms with E-state index in [2.05, 4.69) is 12.2 Å². The van der Waals surface area contributed by atoms with E-state index in [0.717, 1.165) is 11.5 Å². The first-order valence-electron chi connectivity index (χ1n) is 7.68. The Hall–Kier alpha value is -0.890. The van der Waals surface area contributed by atoms with Gasteiger partial charge in [-0.3, -0.25) is 0 Å². The zero-order valence-corrected chi connectivity index (χ0v) is 12.2. The van der Waals surface area contributed by atoms with Crippen molar-refractivity contribution in [2.45, 2.75) is 51.5 Å². The molecular weight excluding hydrogens is 237 g/mol. The Morgan fingerprint density at radius 1 is 1.21 bits per heavy atom. The monoisotopic (exact) mass is 263 g/mol. The van der Waals surface area contributed by atoms with Crippen LogP contribution in [-0.2, 0) is 0 Å². The second-order valence-corrected chi connectivity index (χ2v) is 5.86. The van der Waals surface area contributed by atoms with Crippen molar-refractivity contribution in [1.82, 2.24) is 5.32 Å². The average Bonchev–Trinajstić information content (AvgIpc) is 2.44. The van der Waals surface area contributed by atoms with Gasteiger partial charge < -0.3 is 5.32 Å². The van der Waals surface area contributed by atoms with Gasteiger partial charge in [-0.25, -0.2) is 4.39 Å². The summed E-state index contributed by atoms with van der Waals surface area (Å²) in [6.07, 6.45) is 7.72. The Morgan fingerprint density at radius 2 is 1.89 bits per heavy atom. The maximum Gasteiger partial charge on any atom is 0.127 e. The van der Waals surface area contributed by atoms with E-state index in [4.69, 9.17) is 0 Å². The molecule has 0 amide bonds. The molecule has 1 aromatic carbocycles. The molecule has 2 heteroatoms. The van der Waals surface area contributed by atoms with Crippen LogP contribution in [0.15, 0.2) is 24.3 Å². The van der Waals surface area contributed by atoms with E-state index in [0.29, 0.717) is 5.92 Å². The average molecular weight is 263 g/mol. The van der Waals surface area contributed by atoms with Gasteiger partial charge in [0, 0.05) is 11.6 Å². The molecule has 1 N–H and O–H groups in total. The molecule has 0 radical (unpaired) electrons. The summed E-state index contributed by atoms with van der Waals surface area (Å²) in [6, 6.07) is 7.37. The Labute approximate surface area is 116 Å². The van der Waals surface area contributed by atoms with Crippen LogP contribution in [0.1, 0.15) is 57.1 Å². The van der Waals surface area contributed by atoms with Crippen molar-refractivity contribution in [3.63, 3.8) is 0 Å². The minimum absolute atomic E-state index is 0.0717. The molecule has 1 fully saturated rings. The highest BCUT2D eigenvalue weighted by atomic mass is 19.1. The van der Waals surface area contributed by atoms with Crippen molar-refractivity contribution < 1.29 is 4.39 Å². The highest BCUT2D eigenvalue weighted by Crippen LogP contribution is 2.38. The Balaban J connectivity index is 2.02. The summed E-state index contributed by atoms with van der Waals surface area (Å²) >= 11 is 0. The molecule has 0 bridgehead atoms. The van der Waals surface area contributed by atoms with Crippen LogP contribution < -0.4 is 5.32 Å². The lowest BCUT2D eigenvalue weighted by Gasteiger charge is -2.34. The van der Waals surface area contributed by atoms with Crippen LogP contribution in [0.25, 0.3) is 0 Å². The minimum Gasteiger partial charge on any atom is -0.313 e. The van der Waals surface area contributed by atoms with Gasteiger partial charge in [0.1, 0.15) is 5.82 Å². The Kier molecular flexibility index (Phi) is 5.38. The fourth-order valence-electron chi connectivity index (χ4n) is 3.59. The number of rotatable bonds is 5. The first kappa shape index (κ1) is 14.5. The lowest BCUT2D eigenvalue weighted by molar-refractivity contribution is 0.217. The van der Waals surface area contributed by atoms with Crippen molar-refractivity contribution in [2.24, 2.45) is 11.8 Å². The number of nitrogens with one attached hydrogen (secondary N) is 1. The number of benzene rings is 1.